The molecule has 0 aliphatic rings. The maximum Gasteiger partial charge on any atom is 0.298 e. The Bertz CT molecular complexity index is 935. The van der Waals surface area contributed by atoms with Crippen molar-refractivity contribution in [2.75, 3.05) is 0 Å². The molecule has 0 aliphatic carbocycles. The molecule has 28 heavy (non-hydrogen) atoms. The predicted octanol–water partition coefficient (Wildman–Crippen LogP) is 5.00. The molecular weight excluding hydrogens is 370 g/mol. The molecule has 1 aromatic heterocycles. The molecule has 6 heteroatoms. The van der Waals surface area contributed by atoms with Crippen LogP contribution in [0.1, 0.15) is 48.1 Å². The summed E-state index contributed by atoms with van der Waals surface area (Å²) < 4.78 is 10.2. The number of amides is 1. The summed E-state index contributed by atoms with van der Waals surface area (Å²) in [5.41, 5.74) is 2.95. The zero-order chi connectivity index (χ0) is 20.1. The summed E-state index contributed by atoms with van der Waals surface area (Å²) in [5.74, 6) is 1.56. The van der Waals surface area contributed by atoms with Gasteiger partial charge in [-0.3, -0.25) is 4.79 Å². The van der Waals surface area contributed by atoms with Gasteiger partial charge in [0, 0.05) is 29.6 Å². The average Bonchev–Trinajstić information content (AvgIpc) is 3.10. The minimum absolute atomic E-state index is 0.101. The molecule has 1 amide bonds. The van der Waals surface area contributed by atoms with Crippen LogP contribution in [-0.4, -0.2) is 21.3 Å². The van der Waals surface area contributed by atoms with Gasteiger partial charge in [0.15, 0.2) is 5.82 Å². The summed E-state index contributed by atoms with van der Waals surface area (Å²) in [6.07, 6.45) is 0.662. The van der Waals surface area contributed by atoms with Crippen LogP contribution in [0, 0.1) is 12.8 Å². The van der Waals surface area contributed by atoms with E-state index in [1.54, 1.807) is 18.2 Å². The molecule has 0 fully saturated rings. The van der Waals surface area contributed by atoms with Crippen molar-refractivity contribution in [2.24, 2.45) is 5.92 Å². The molecule has 0 aliphatic heterocycles. The van der Waals surface area contributed by atoms with Crippen LogP contribution < -0.4 is 10.1 Å². The van der Waals surface area contributed by atoms with E-state index in [2.05, 4.69) is 59.7 Å². The third-order valence-corrected chi connectivity index (χ3v) is 5.23. The van der Waals surface area contributed by atoms with Crippen LogP contribution in [0.2, 0.25) is 0 Å². The maximum absolute atomic E-state index is 12.4. The summed E-state index contributed by atoms with van der Waals surface area (Å²) >= 11 is 1.21. The van der Waals surface area contributed by atoms with E-state index in [1.807, 2.05) is 13.0 Å². The number of hydrogen-bond donors (Lipinski definition) is 1. The Balaban J connectivity index is 1.65. The molecule has 0 saturated heterocycles. The Kier molecular flexibility index (Phi) is 6.41. The molecule has 146 valence electrons. The number of ether oxygens (including phenoxy) is 1. The fourth-order valence-electron chi connectivity index (χ4n) is 2.50. The van der Waals surface area contributed by atoms with Crippen LogP contribution in [0.4, 0.5) is 0 Å². The topological polar surface area (TPSA) is 64.1 Å². The highest BCUT2D eigenvalue weighted by Gasteiger charge is 2.14. The second-order valence-electron chi connectivity index (χ2n) is 7.27. The lowest BCUT2D eigenvalue weighted by Crippen LogP contribution is -2.36. The van der Waals surface area contributed by atoms with E-state index < -0.39 is 0 Å². The van der Waals surface area contributed by atoms with Gasteiger partial charge in [0.25, 0.3) is 11.1 Å². The van der Waals surface area contributed by atoms with Crippen LogP contribution >= 0.6 is 11.5 Å². The summed E-state index contributed by atoms with van der Waals surface area (Å²) in [6.45, 7) is 8.22. The number of hydrogen-bond acceptors (Lipinski definition) is 5. The van der Waals surface area contributed by atoms with Gasteiger partial charge in [0.2, 0.25) is 0 Å². The van der Waals surface area contributed by atoms with Crippen LogP contribution in [0.5, 0.6) is 10.9 Å². The number of aryl methyl sites for hydroxylation is 1. The third-order valence-electron chi connectivity index (χ3n) is 4.59. The summed E-state index contributed by atoms with van der Waals surface area (Å²) in [6, 6.07) is 15.5. The maximum atomic E-state index is 12.4. The summed E-state index contributed by atoms with van der Waals surface area (Å²) in [4.78, 5) is 16.9. The van der Waals surface area contributed by atoms with Crippen molar-refractivity contribution in [3.63, 3.8) is 0 Å². The number of nitrogens with one attached hydrogen (secondary N) is 1. The fourth-order valence-corrected chi connectivity index (χ4v) is 3.07. The van der Waals surface area contributed by atoms with E-state index in [0.717, 1.165) is 11.4 Å². The van der Waals surface area contributed by atoms with Crippen LogP contribution in [0.25, 0.3) is 0 Å². The molecule has 0 saturated carbocycles. The van der Waals surface area contributed by atoms with E-state index in [1.165, 1.54) is 17.1 Å². The number of benzene rings is 2. The lowest BCUT2D eigenvalue weighted by Gasteiger charge is -2.17. The first kappa shape index (κ1) is 20.0. The molecule has 3 aromatic rings. The first-order valence-electron chi connectivity index (χ1n) is 9.37. The zero-order valence-electron chi connectivity index (χ0n) is 16.6. The van der Waals surface area contributed by atoms with Gasteiger partial charge in [0.1, 0.15) is 5.75 Å². The van der Waals surface area contributed by atoms with E-state index in [9.17, 15) is 4.79 Å². The average molecular weight is 396 g/mol. The van der Waals surface area contributed by atoms with Crippen molar-refractivity contribution in [3.8, 4) is 10.9 Å². The molecule has 5 nitrogen and oxygen atoms in total. The number of nitrogens with zero attached hydrogens (tertiary/aromatic N) is 2. The van der Waals surface area contributed by atoms with Crippen LogP contribution in [0.3, 0.4) is 0 Å². The van der Waals surface area contributed by atoms with E-state index in [0.29, 0.717) is 28.8 Å². The first-order chi connectivity index (χ1) is 13.4. The quantitative estimate of drug-likeness (QED) is 0.611. The number of carbonyl (C=O) groups excluding carboxylic acids is 1. The Hall–Kier alpha value is -2.73. The van der Waals surface area contributed by atoms with Crippen LogP contribution in [-0.2, 0) is 6.42 Å². The minimum Gasteiger partial charge on any atom is -0.430 e. The molecule has 3 rings (SSSR count). The number of aromatic nitrogens is 2. The number of rotatable bonds is 7. The Morgan fingerprint density at radius 1 is 1.14 bits per heavy atom. The highest BCUT2D eigenvalue weighted by Crippen LogP contribution is 2.25. The molecule has 1 atom stereocenters. The predicted molar refractivity (Wildman–Crippen MR) is 112 cm³/mol. The van der Waals surface area contributed by atoms with Crippen LogP contribution in [0.15, 0.2) is 48.5 Å². The summed E-state index contributed by atoms with van der Waals surface area (Å²) in [5, 5.41) is 3.47. The minimum atomic E-state index is -0.107. The molecule has 0 spiro atoms. The van der Waals surface area contributed by atoms with Crippen molar-refractivity contribution < 1.29 is 9.53 Å². The van der Waals surface area contributed by atoms with E-state index in [-0.39, 0.29) is 11.9 Å². The van der Waals surface area contributed by atoms with Gasteiger partial charge in [-0.1, -0.05) is 49.7 Å². The van der Waals surface area contributed by atoms with Crippen molar-refractivity contribution in [1.82, 2.24) is 14.7 Å². The largest absolute Gasteiger partial charge is 0.430 e. The monoisotopic (exact) mass is 395 g/mol. The van der Waals surface area contributed by atoms with Crippen molar-refractivity contribution >= 4 is 17.4 Å². The SMILES string of the molecule is Cc1ccc(Cc2nsc(Oc3cccc(C(=O)N[C@@H](C)C(C)C)c3)n2)cc1. The second-order valence-corrected chi connectivity index (χ2v) is 7.99. The molecule has 2 aromatic carbocycles. The highest BCUT2D eigenvalue weighted by molar-refractivity contribution is 7.07. The third kappa shape index (κ3) is 5.39. The molecular formula is C22H25N3O2S. The van der Waals surface area contributed by atoms with Gasteiger partial charge in [0.05, 0.1) is 0 Å². The van der Waals surface area contributed by atoms with Gasteiger partial charge in [-0.25, -0.2) is 0 Å². The van der Waals surface area contributed by atoms with Crippen molar-refractivity contribution in [3.05, 3.63) is 71.0 Å². The molecule has 1 heterocycles. The standard InChI is InChI=1S/C22H25N3O2S/c1-14(2)16(4)23-21(26)18-6-5-7-19(13-18)27-22-24-20(25-28-22)12-17-10-8-15(3)9-11-17/h5-11,13-14,16H,12H2,1-4H3,(H,23,26)/t16-/m0/s1. The highest BCUT2D eigenvalue weighted by atomic mass is 32.1. The molecule has 1 N–H and O–H groups in total. The number of carbonyl (C=O) groups is 1. The Morgan fingerprint density at radius 2 is 1.89 bits per heavy atom. The van der Waals surface area contributed by atoms with E-state index in [4.69, 9.17) is 4.74 Å². The first-order valence-corrected chi connectivity index (χ1v) is 10.1. The fraction of sp³-hybridized carbons (Fsp3) is 0.318. The smallest absolute Gasteiger partial charge is 0.298 e. The van der Waals surface area contributed by atoms with Crippen molar-refractivity contribution in [2.45, 2.75) is 40.2 Å². The van der Waals surface area contributed by atoms with Gasteiger partial charge >= 0.3 is 0 Å². The van der Waals surface area contributed by atoms with E-state index >= 15 is 0 Å². The zero-order valence-corrected chi connectivity index (χ0v) is 17.4. The van der Waals surface area contributed by atoms with Gasteiger partial charge in [-0.05, 0) is 43.5 Å². The van der Waals surface area contributed by atoms with Gasteiger partial charge < -0.3 is 10.1 Å². The molecule has 0 bridgehead atoms. The van der Waals surface area contributed by atoms with Gasteiger partial charge in [-0.15, -0.1) is 0 Å². The van der Waals surface area contributed by atoms with Crippen molar-refractivity contribution in [1.29, 1.82) is 0 Å². The lowest BCUT2D eigenvalue weighted by atomic mass is 10.1. The molecule has 0 unspecified atom stereocenters. The lowest BCUT2D eigenvalue weighted by molar-refractivity contribution is 0.0930. The molecule has 0 radical (unpaired) electrons. The Labute approximate surface area is 170 Å². The Morgan fingerprint density at radius 3 is 2.61 bits per heavy atom. The summed E-state index contributed by atoms with van der Waals surface area (Å²) in [7, 11) is 0. The van der Waals surface area contributed by atoms with Gasteiger partial charge in [-0.2, -0.15) is 9.36 Å². The second kappa shape index (κ2) is 8.97. The normalized spacial score (nSPS) is 12.0.